The van der Waals surface area contributed by atoms with Gasteiger partial charge in [0.2, 0.25) is 11.0 Å². The van der Waals surface area contributed by atoms with Crippen molar-refractivity contribution >= 4 is 22.6 Å². The molecule has 1 aromatic heterocycles. The second-order valence-electron chi connectivity index (χ2n) is 8.74. The van der Waals surface area contributed by atoms with Crippen LogP contribution in [-0.4, -0.2) is 45.8 Å². The predicted octanol–water partition coefficient (Wildman–Crippen LogP) is 5.00. The van der Waals surface area contributed by atoms with Crippen molar-refractivity contribution in [3.05, 3.63) is 114 Å². The van der Waals surface area contributed by atoms with Gasteiger partial charge in [-0.1, -0.05) is 91.0 Å². The maximum absolute atomic E-state index is 13.8. The number of nitrogens with zero attached hydrogens (tertiary/aromatic N) is 4. The van der Waals surface area contributed by atoms with Crippen molar-refractivity contribution in [1.82, 2.24) is 14.3 Å². The van der Waals surface area contributed by atoms with E-state index in [4.69, 9.17) is 4.98 Å². The fourth-order valence-corrected chi connectivity index (χ4v) is 5.34. The van der Waals surface area contributed by atoms with E-state index in [2.05, 4.69) is 28.3 Å². The van der Waals surface area contributed by atoms with Gasteiger partial charge >= 0.3 is 0 Å². The van der Waals surface area contributed by atoms with Crippen LogP contribution in [0.1, 0.15) is 35.4 Å². The highest BCUT2D eigenvalue weighted by Gasteiger charge is 2.34. The van der Waals surface area contributed by atoms with E-state index < -0.39 is 0 Å². The molecule has 4 aromatic rings. The average Bonchev–Trinajstić information content (AvgIpc) is 3.34. The molecule has 1 unspecified atom stereocenters. The van der Waals surface area contributed by atoms with Crippen LogP contribution in [0, 0.1) is 0 Å². The Hall–Kier alpha value is -3.51. The van der Waals surface area contributed by atoms with Gasteiger partial charge in [0.15, 0.2) is 0 Å². The van der Waals surface area contributed by atoms with Crippen LogP contribution in [0.2, 0.25) is 0 Å². The summed E-state index contributed by atoms with van der Waals surface area (Å²) in [6.07, 6.45) is 0.737. The molecule has 0 radical (unpaired) electrons. The Morgan fingerprint density at radius 2 is 1.50 bits per heavy atom. The molecule has 2 heterocycles. The lowest BCUT2D eigenvalue weighted by atomic mass is 9.89. The largest absolute Gasteiger partial charge is 0.343 e. The highest BCUT2D eigenvalue weighted by atomic mass is 32.1. The maximum Gasteiger partial charge on any atom is 0.234 e. The van der Waals surface area contributed by atoms with Crippen molar-refractivity contribution in [2.24, 2.45) is 0 Å². The quantitative estimate of drug-likeness (QED) is 0.400. The Morgan fingerprint density at radius 1 is 0.912 bits per heavy atom. The van der Waals surface area contributed by atoms with Gasteiger partial charge in [-0.2, -0.15) is 4.37 Å². The van der Waals surface area contributed by atoms with Crippen LogP contribution in [-0.2, 0) is 11.2 Å². The van der Waals surface area contributed by atoms with Gasteiger partial charge in [-0.15, -0.1) is 0 Å². The van der Waals surface area contributed by atoms with E-state index >= 15 is 0 Å². The zero-order valence-corrected chi connectivity index (χ0v) is 20.1. The van der Waals surface area contributed by atoms with Crippen LogP contribution in [0.3, 0.4) is 0 Å². The SMILES string of the molecule is CC1CN(c2nc(Cc3ccccc3)ns2)CCN1C(=O)C(c1ccccc1)c1ccccc1. The first-order chi connectivity index (χ1) is 16.7. The summed E-state index contributed by atoms with van der Waals surface area (Å²) in [5.74, 6) is 0.715. The number of carbonyl (C=O) groups excluding carboxylic acids is 1. The third-order valence-electron chi connectivity index (χ3n) is 6.36. The minimum Gasteiger partial charge on any atom is -0.343 e. The standard InChI is InChI=1S/C28H28N4OS/c1-21-20-31(28-29-25(30-34-28)19-22-11-5-2-6-12-22)17-18-32(21)27(33)26(23-13-7-3-8-14-23)24-15-9-4-10-16-24/h2-16,21,26H,17-20H2,1H3. The van der Waals surface area contributed by atoms with E-state index in [1.165, 1.54) is 17.1 Å². The number of carbonyl (C=O) groups is 1. The molecule has 1 aliphatic heterocycles. The lowest BCUT2D eigenvalue weighted by Gasteiger charge is -2.41. The zero-order valence-electron chi connectivity index (χ0n) is 19.2. The minimum absolute atomic E-state index is 0.0812. The number of rotatable bonds is 6. The summed E-state index contributed by atoms with van der Waals surface area (Å²) in [4.78, 5) is 22.9. The molecular formula is C28H28N4OS. The minimum atomic E-state index is -0.296. The smallest absolute Gasteiger partial charge is 0.234 e. The van der Waals surface area contributed by atoms with E-state index in [1.807, 2.05) is 83.8 Å². The van der Waals surface area contributed by atoms with Crippen molar-refractivity contribution in [3.8, 4) is 0 Å². The summed E-state index contributed by atoms with van der Waals surface area (Å²) >= 11 is 1.45. The van der Waals surface area contributed by atoms with Crippen molar-refractivity contribution in [1.29, 1.82) is 0 Å². The van der Waals surface area contributed by atoms with Gasteiger partial charge < -0.3 is 9.80 Å². The Bertz CT molecular complexity index is 1170. The summed E-state index contributed by atoms with van der Waals surface area (Å²) in [5, 5.41) is 0.938. The topological polar surface area (TPSA) is 49.3 Å². The second kappa shape index (κ2) is 10.2. The van der Waals surface area contributed by atoms with E-state index in [9.17, 15) is 4.79 Å². The number of hydrogen-bond acceptors (Lipinski definition) is 5. The predicted molar refractivity (Wildman–Crippen MR) is 137 cm³/mol. The van der Waals surface area contributed by atoms with E-state index in [0.29, 0.717) is 6.54 Å². The summed E-state index contributed by atoms with van der Waals surface area (Å²) in [7, 11) is 0. The van der Waals surface area contributed by atoms with Gasteiger partial charge in [0, 0.05) is 43.6 Å². The Kier molecular flexibility index (Phi) is 6.67. The van der Waals surface area contributed by atoms with Crippen LogP contribution >= 0.6 is 11.5 Å². The Balaban J connectivity index is 1.30. The van der Waals surface area contributed by atoms with Crippen LogP contribution in [0.5, 0.6) is 0 Å². The molecule has 6 heteroatoms. The number of hydrogen-bond donors (Lipinski definition) is 0. The molecule has 1 saturated heterocycles. The van der Waals surface area contributed by atoms with Crippen molar-refractivity contribution in [2.75, 3.05) is 24.5 Å². The van der Waals surface area contributed by atoms with Gasteiger partial charge in [-0.25, -0.2) is 4.98 Å². The molecule has 1 fully saturated rings. The lowest BCUT2D eigenvalue weighted by Crippen LogP contribution is -2.55. The molecule has 1 amide bonds. The van der Waals surface area contributed by atoms with Gasteiger partial charge in [-0.3, -0.25) is 4.79 Å². The highest BCUT2D eigenvalue weighted by molar-refractivity contribution is 7.09. The molecule has 0 bridgehead atoms. The van der Waals surface area contributed by atoms with Gasteiger partial charge in [0.1, 0.15) is 5.82 Å². The number of anilines is 1. The third-order valence-corrected chi connectivity index (χ3v) is 7.17. The zero-order chi connectivity index (χ0) is 23.3. The first kappa shape index (κ1) is 22.3. The molecule has 1 aliphatic rings. The van der Waals surface area contributed by atoms with Crippen molar-refractivity contribution in [2.45, 2.75) is 25.3 Å². The molecular weight excluding hydrogens is 440 g/mol. The Labute approximate surface area is 204 Å². The number of piperazine rings is 1. The molecule has 0 saturated carbocycles. The van der Waals surface area contributed by atoms with E-state index in [0.717, 1.165) is 41.6 Å². The highest BCUT2D eigenvalue weighted by Crippen LogP contribution is 2.30. The molecule has 5 nitrogen and oxygen atoms in total. The van der Waals surface area contributed by atoms with Gasteiger partial charge in [0.05, 0.1) is 5.92 Å². The first-order valence-corrected chi connectivity index (χ1v) is 12.5. The van der Waals surface area contributed by atoms with Crippen molar-refractivity contribution in [3.63, 3.8) is 0 Å². The molecule has 3 aromatic carbocycles. The normalized spacial score (nSPS) is 16.1. The molecule has 0 aliphatic carbocycles. The maximum atomic E-state index is 13.8. The fourth-order valence-electron chi connectivity index (χ4n) is 4.62. The molecule has 0 N–H and O–H groups in total. The molecule has 1 atom stereocenters. The third kappa shape index (κ3) is 4.87. The van der Waals surface area contributed by atoms with Crippen molar-refractivity contribution < 1.29 is 4.79 Å². The summed E-state index contributed by atoms with van der Waals surface area (Å²) < 4.78 is 4.58. The number of benzene rings is 3. The fraction of sp³-hybridized carbons (Fsp3) is 0.250. The summed E-state index contributed by atoms with van der Waals surface area (Å²) in [6.45, 7) is 4.31. The van der Waals surface area contributed by atoms with E-state index in [1.54, 1.807) is 0 Å². The number of amides is 1. The van der Waals surface area contributed by atoms with Crippen LogP contribution < -0.4 is 4.90 Å². The second-order valence-corrected chi connectivity index (χ2v) is 9.47. The van der Waals surface area contributed by atoms with Gasteiger partial charge in [-0.05, 0) is 23.6 Å². The summed E-state index contributed by atoms with van der Waals surface area (Å²) in [6, 6.07) is 30.6. The van der Waals surface area contributed by atoms with E-state index in [-0.39, 0.29) is 17.9 Å². The summed E-state index contributed by atoms with van der Waals surface area (Å²) in [5.41, 5.74) is 3.27. The molecule has 172 valence electrons. The molecule has 0 spiro atoms. The van der Waals surface area contributed by atoms with Crippen LogP contribution in [0.15, 0.2) is 91.0 Å². The van der Waals surface area contributed by atoms with Gasteiger partial charge in [0.25, 0.3) is 0 Å². The molecule has 5 rings (SSSR count). The monoisotopic (exact) mass is 468 g/mol. The van der Waals surface area contributed by atoms with Crippen LogP contribution in [0.4, 0.5) is 5.13 Å². The first-order valence-electron chi connectivity index (χ1n) is 11.7. The average molecular weight is 469 g/mol. The Morgan fingerprint density at radius 3 is 2.09 bits per heavy atom. The van der Waals surface area contributed by atoms with Crippen LogP contribution in [0.25, 0.3) is 0 Å². The molecule has 34 heavy (non-hydrogen) atoms. The lowest BCUT2D eigenvalue weighted by molar-refractivity contribution is -0.134. The number of aromatic nitrogens is 2.